The predicted octanol–water partition coefficient (Wildman–Crippen LogP) is 3.35. The normalized spacial score (nSPS) is 11.2. The number of para-hydroxylation sites is 1. The van der Waals surface area contributed by atoms with E-state index in [2.05, 4.69) is 5.16 Å². The predicted molar refractivity (Wildman–Crippen MR) is 79.8 cm³/mol. The van der Waals surface area contributed by atoms with Crippen molar-refractivity contribution in [2.24, 2.45) is 10.9 Å². The van der Waals surface area contributed by atoms with Crippen LogP contribution < -0.4 is 10.5 Å². The molecule has 0 spiro atoms. The highest BCUT2D eigenvalue weighted by atomic mass is 35.5. The molecule has 2 aromatic rings. The van der Waals surface area contributed by atoms with Crippen LogP contribution in [0.4, 0.5) is 4.39 Å². The molecule has 0 atom stereocenters. The van der Waals surface area contributed by atoms with E-state index in [1.54, 1.807) is 18.2 Å². The number of halogens is 2. The van der Waals surface area contributed by atoms with Crippen molar-refractivity contribution in [3.63, 3.8) is 0 Å². The van der Waals surface area contributed by atoms with Crippen LogP contribution in [-0.4, -0.2) is 12.4 Å². The molecule has 0 aliphatic heterocycles. The molecule has 0 aliphatic carbocycles. The zero-order valence-corrected chi connectivity index (χ0v) is 11.9. The summed E-state index contributed by atoms with van der Waals surface area (Å²) in [6.07, 6.45) is 0. The number of hydrogen-bond acceptors (Lipinski definition) is 3. The first-order valence-corrected chi connectivity index (χ1v) is 6.59. The van der Waals surface area contributed by atoms with E-state index in [9.17, 15) is 4.39 Å². The largest absolute Gasteiger partial charge is 0.486 e. The lowest BCUT2D eigenvalue weighted by molar-refractivity contribution is 0.126. The van der Waals surface area contributed by atoms with E-state index < -0.39 is 5.82 Å². The van der Waals surface area contributed by atoms with Gasteiger partial charge in [0.05, 0.1) is 5.02 Å². The molecule has 0 fully saturated rings. The Morgan fingerprint density at radius 1 is 1.14 bits per heavy atom. The molecular weight excluding hydrogens is 295 g/mol. The smallest absolute Gasteiger partial charge is 0.177 e. The number of amidine groups is 1. The summed E-state index contributed by atoms with van der Waals surface area (Å²) in [6, 6.07) is 13.6. The fourth-order valence-corrected chi connectivity index (χ4v) is 1.77. The van der Waals surface area contributed by atoms with E-state index in [1.807, 2.05) is 18.2 Å². The molecule has 2 aromatic carbocycles. The quantitative estimate of drug-likeness (QED) is 0.506. The van der Waals surface area contributed by atoms with Crippen molar-refractivity contribution in [2.75, 3.05) is 6.61 Å². The third-order valence-electron chi connectivity index (χ3n) is 2.58. The molecule has 0 saturated heterocycles. The number of oxime groups is 1. The first-order chi connectivity index (χ1) is 10.2. The van der Waals surface area contributed by atoms with Gasteiger partial charge in [-0.1, -0.05) is 41.0 Å². The Hall–Kier alpha value is -2.27. The monoisotopic (exact) mass is 308 g/mol. The van der Waals surface area contributed by atoms with Crippen molar-refractivity contribution in [1.82, 2.24) is 0 Å². The Labute approximate surface area is 126 Å². The van der Waals surface area contributed by atoms with Crippen LogP contribution in [0.25, 0.3) is 0 Å². The SMILES string of the molecule is N/C(COc1ccccc1)=N\OCc1c(F)cccc1Cl. The Kier molecular flexibility index (Phi) is 5.40. The van der Waals surface area contributed by atoms with E-state index in [1.165, 1.54) is 12.1 Å². The van der Waals surface area contributed by atoms with Crippen molar-refractivity contribution in [3.05, 3.63) is 64.9 Å². The minimum absolute atomic E-state index is 0.0784. The molecule has 4 nitrogen and oxygen atoms in total. The van der Waals surface area contributed by atoms with Gasteiger partial charge in [-0.25, -0.2) is 4.39 Å². The topological polar surface area (TPSA) is 56.8 Å². The molecule has 0 aromatic heterocycles. The average molecular weight is 309 g/mol. The van der Waals surface area contributed by atoms with Crippen LogP contribution in [0.3, 0.4) is 0 Å². The van der Waals surface area contributed by atoms with Gasteiger partial charge in [-0.3, -0.25) is 0 Å². The molecule has 0 amide bonds. The summed E-state index contributed by atoms with van der Waals surface area (Å²) < 4.78 is 18.9. The molecule has 0 unspecified atom stereocenters. The number of benzene rings is 2. The zero-order chi connectivity index (χ0) is 15.1. The molecule has 2 rings (SSSR count). The maximum absolute atomic E-state index is 13.5. The third-order valence-corrected chi connectivity index (χ3v) is 2.94. The minimum atomic E-state index is -0.447. The van der Waals surface area contributed by atoms with Gasteiger partial charge in [-0.05, 0) is 24.3 Å². The molecule has 0 radical (unpaired) electrons. The van der Waals surface area contributed by atoms with Crippen molar-refractivity contribution < 1.29 is 14.0 Å². The highest BCUT2D eigenvalue weighted by Crippen LogP contribution is 2.19. The lowest BCUT2D eigenvalue weighted by Crippen LogP contribution is -2.21. The summed E-state index contributed by atoms with van der Waals surface area (Å²) in [5.41, 5.74) is 5.87. The van der Waals surface area contributed by atoms with Crippen LogP contribution in [0.1, 0.15) is 5.56 Å². The van der Waals surface area contributed by atoms with Crippen LogP contribution in [0.2, 0.25) is 5.02 Å². The summed E-state index contributed by atoms with van der Waals surface area (Å²) in [4.78, 5) is 4.99. The second kappa shape index (κ2) is 7.50. The first-order valence-electron chi connectivity index (χ1n) is 6.22. The van der Waals surface area contributed by atoms with Gasteiger partial charge in [0.1, 0.15) is 24.8 Å². The summed E-state index contributed by atoms with van der Waals surface area (Å²) >= 11 is 5.86. The summed E-state index contributed by atoms with van der Waals surface area (Å²) in [7, 11) is 0. The Morgan fingerprint density at radius 3 is 2.62 bits per heavy atom. The van der Waals surface area contributed by atoms with Crippen LogP contribution >= 0.6 is 11.6 Å². The van der Waals surface area contributed by atoms with E-state index in [0.29, 0.717) is 5.75 Å². The fourth-order valence-electron chi connectivity index (χ4n) is 1.55. The van der Waals surface area contributed by atoms with Gasteiger partial charge in [0, 0.05) is 5.56 Å². The van der Waals surface area contributed by atoms with E-state index in [-0.39, 0.29) is 29.6 Å². The third kappa shape index (κ3) is 4.65. The van der Waals surface area contributed by atoms with Gasteiger partial charge in [-0.2, -0.15) is 0 Å². The van der Waals surface area contributed by atoms with Gasteiger partial charge in [0.25, 0.3) is 0 Å². The summed E-state index contributed by atoms with van der Waals surface area (Å²) in [6.45, 7) is -0.0213. The molecule has 0 aliphatic rings. The highest BCUT2D eigenvalue weighted by molar-refractivity contribution is 6.31. The molecular formula is C15H14ClFN2O2. The second-order valence-electron chi connectivity index (χ2n) is 4.16. The Balaban J connectivity index is 1.84. The van der Waals surface area contributed by atoms with Gasteiger partial charge < -0.3 is 15.3 Å². The van der Waals surface area contributed by atoms with Gasteiger partial charge in [0.2, 0.25) is 0 Å². The lowest BCUT2D eigenvalue weighted by Gasteiger charge is -2.06. The molecule has 0 saturated carbocycles. The van der Waals surface area contributed by atoms with Crippen molar-refractivity contribution >= 4 is 17.4 Å². The van der Waals surface area contributed by atoms with Gasteiger partial charge >= 0.3 is 0 Å². The molecule has 6 heteroatoms. The molecule has 0 bridgehead atoms. The van der Waals surface area contributed by atoms with Gasteiger partial charge in [0.15, 0.2) is 5.84 Å². The average Bonchev–Trinajstić information content (AvgIpc) is 2.49. The maximum atomic E-state index is 13.5. The Morgan fingerprint density at radius 2 is 1.90 bits per heavy atom. The zero-order valence-electron chi connectivity index (χ0n) is 11.1. The fraction of sp³-hybridized carbons (Fsp3) is 0.133. The van der Waals surface area contributed by atoms with E-state index in [4.69, 9.17) is 26.9 Å². The van der Waals surface area contributed by atoms with Crippen LogP contribution in [0.5, 0.6) is 5.75 Å². The van der Waals surface area contributed by atoms with Crippen LogP contribution in [0, 0.1) is 5.82 Å². The lowest BCUT2D eigenvalue weighted by atomic mass is 10.2. The van der Waals surface area contributed by atoms with Crippen molar-refractivity contribution in [2.45, 2.75) is 6.61 Å². The van der Waals surface area contributed by atoms with Crippen molar-refractivity contribution in [1.29, 1.82) is 0 Å². The Bertz CT molecular complexity index is 600. The standard InChI is InChI=1S/C15H14ClFN2O2/c16-13-7-4-8-14(17)12(13)9-21-19-15(18)10-20-11-5-2-1-3-6-11/h1-8H,9-10H2,(H2,18,19). The minimum Gasteiger partial charge on any atom is -0.486 e. The number of ether oxygens (including phenoxy) is 1. The van der Waals surface area contributed by atoms with Crippen molar-refractivity contribution in [3.8, 4) is 5.75 Å². The van der Waals surface area contributed by atoms with Crippen LogP contribution in [0.15, 0.2) is 53.7 Å². The van der Waals surface area contributed by atoms with Crippen LogP contribution in [-0.2, 0) is 11.4 Å². The van der Waals surface area contributed by atoms with E-state index >= 15 is 0 Å². The molecule has 0 heterocycles. The molecule has 2 N–H and O–H groups in total. The maximum Gasteiger partial charge on any atom is 0.177 e. The number of rotatable bonds is 6. The molecule has 110 valence electrons. The number of nitrogens with zero attached hydrogens (tertiary/aromatic N) is 1. The number of hydrogen-bond donors (Lipinski definition) is 1. The highest BCUT2D eigenvalue weighted by Gasteiger charge is 2.07. The number of nitrogens with two attached hydrogens (primary N) is 1. The first kappa shape index (κ1) is 15.1. The molecule has 21 heavy (non-hydrogen) atoms. The summed E-state index contributed by atoms with van der Waals surface area (Å²) in [5, 5.41) is 3.94. The van der Waals surface area contributed by atoms with E-state index in [0.717, 1.165) is 0 Å². The second-order valence-corrected chi connectivity index (χ2v) is 4.57. The summed E-state index contributed by atoms with van der Waals surface area (Å²) in [5.74, 6) is 0.371. The van der Waals surface area contributed by atoms with Gasteiger partial charge in [-0.15, -0.1) is 0 Å².